The highest BCUT2D eigenvalue weighted by Crippen LogP contribution is 2.29. The van der Waals surface area contributed by atoms with Crippen molar-refractivity contribution in [2.24, 2.45) is 7.05 Å². The molecule has 0 atom stereocenters. The molecular formula is C14H11F6N3O3. The van der Waals surface area contributed by atoms with Crippen LogP contribution in [0.1, 0.15) is 27.3 Å². The summed E-state index contributed by atoms with van der Waals surface area (Å²) in [6.07, 6.45) is -8.55. The lowest BCUT2D eigenvalue weighted by Gasteiger charge is -2.13. The number of hydrogen-bond donors (Lipinski definition) is 1. The number of ether oxygens (including phenoxy) is 1. The molecule has 0 unspecified atom stereocenters. The number of aromatic amines is 1. The highest BCUT2D eigenvalue weighted by atomic mass is 19.4. The van der Waals surface area contributed by atoms with E-state index in [9.17, 15) is 35.9 Å². The third-order valence-corrected chi connectivity index (χ3v) is 3.20. The Labute approximate surface area is 141 Å². The van der Waals surface area contributed by atoms with E-state index in [0.717, 1.165) is 16.9 Å². The molecule has 26 heavy (non-hydrogen) atoms. The monoisotopic (exact) mass is 383 g/mol. The predicted molar refractivity (Wildman–Crippen MR) is 74.4 cm³/mol. The van der Waals surface area contributed by atoms with Gasteiger partial charge >= 0.3 is 12.4 Å². The Kier molecular flexibility index (Phi) is 5.26. The van der Waals surface area contributed by atoms with E-state index < -0.39 is 59.4 Å². The maximum absolute atomic E-state index is 12.8. The van der Waals surface area contributed by atoms with Gasteiger partial charge in [0.1, 0.15) is 17.9 Å². The van der Waals surface area contributed by atoms with Crippen LogP contribution in [0.3, 0.4) is 0 Å². The number of aromatic nitrogens is 3. The van der Waals surface area contributed by atoms with Gasteiger partial charge < -0.3 is 9.84 Å². The van der Waals surface area contributed by atoms with Crippen molar-refractivity contribution in [2.75, 3.05) is 6.61 Å². The fraction of sp³-hybridized carbons (Fsp3) is 0.357. The molecule has 142 valence electrons. The van der Waals surface area contributed by atoms with Crippen LogP contribution in [0.15, 0.2) is 23.1 Å². The zero-order chi connectivity index (χ0) is 19.7. The van der Waals surface area contributed by atoms with Gasteiger partial charge in [0.05, 0.1) is 12.3 Å². The second-order valence-corrected chi connectivity index (χ2v) is 5.18. The van der Waals surface area contributed by atoms with Crippen LogP contribution in [0.4, 0.5) is 26.3 Å². The number of carbonyl (C=O) groups is 1. The van der Waals surface area contributed by atoms with Gasteiger partial charge in [-0.2, -0.15) is 26.3 Å². The number of hydrogen-bond acceptors (Lipinski definition) is 4. The molecular weight excluding hydrogens is 372 g/mol. The van der Waals surface area contributed by atoms with Gasteiger partial charge in [0, 0.05) is 18.8 Å². The van der Waals surface area contributed by atoms with E-state index in [1.165, 1.54) is 7.05 Å². The normalized spacial score (nSPS) is 12.4. The Morgan fingerprint density at radius 1 is 1.19 bits per heavy atom. The Hall–Kier alpha value is -2.63. The summed E-state index contributed by atoms with van der Waals surface area (Å²) in [7, 11) is 1.30. The first-order chi connectivity index (χ1) is 11.9. The second kappa shape index (κ2) is 6.94. The van der Waals surface area contributed by atoms with Crippen molar-refractivity contribution in [1.29, 1.82) is 0 Å². The molecule has 0 spiro atoms. The summed E-state index contributed by atoms with van der Waals surface area (Å²) in [5.74, 6) is -0.987. The molecule has 0 aliphatic heterocycles. The lowest BCUT2D eigenvalue weighted by molar-refractivity contribution is -0.177. The van der Waals surface area contributed by atoms with Crippen LogP contribution >= 0.6 is 0 Å². The molecule has 12 heteroatoms. The number of nitrogens with zero attached hydrogens (tertiary/aromatic N) is 2. The van der Waals surface area contributed by atoms with Crippen molar-refractivity contribution in [3.8, 4) is 0 Å². The summed E-state index contributed by atoms with van der Waals surface area (Å²) in [5.41, 5.74) is -3.67. The molecule has 0 radical (unpaired) electrons. The predicted octanol–water partition coefficient (Wildman–Crippen LogP) is 2.44. The average molecular weight is 383 g/mol. The lowest BCUT2D eigenvalue weighted by atomic mass is 10.0. The standard InChI is InChI=1S/C14H11F6N3O3/c1-23-12(25)8(4-21-23)11(24)7-2-3-10(14(18,19)20)22-9(7)5-26-6-13(15,16)17/h2-4,21H,5-6H2,1H3. The summed E-state index contributed by atoms with van der Waals surface area (Å²) in [6, 6.07) is 1.24. The minimum Gasteiger partial charge on any atom is -0.366 e. The molecule has 0 saturated carbocycles. The minimum atomic E-state index is -4.87. The Bertz CT molecular complexity index is 866. The quantitative estimate of drug-likeness (QED) is 0.636. The number of alkyl halides is 6. The van der Waals surface area contributed by atoms with Crippen LogP contribution in [-0.2, 0) is 24.6 Å². The molecule has 0 aromatic carbocycles. The van der Waals surface area contributed by atoms with Gasteiger partial charge in [-0.15, -0.1) is 0 Å². The third-order valence-electron chi connectivity index (χ3n) is 3.20. The molecule has 2 heterocycles. The fourth-order valence-corrected chi connectivity index (χ4v) is 2.01. The smallest absolute Gasteiger partial charge is 0.366 e. The van der Waals surface area contributed by atoms with Gasteiger partial charge in [-0.05, 0) is 12.1 Å². The topological polar surface area (TPSA) is 77.0 Å². The minimum absolute atomic E-state index is 0.397. The van der Waals surface area contributed by atoms with Crippen molar-refractivity contribution in [3.05, 3.63) is 51.2 Å². The molecule has 6 nitrogen and oxygen atoms in total. The fourth-order valence-electron chi connectivity index (χ4n) is 2.01. The van der Waals surface area contributed by atoms with E-state index in [-0.39, 0.29) is 0 Å². The first-order valence-electron chi connectivity index (χ1n) is 6.91. The highest BCUT2D eigenvalue weighted by Gasteiger charge is 2.34. The first-order valence-corrected chi connectivity index (χ1v) is 6.91. The maximum atomic E-state index is 12.8. The largest absolute Gasteiger partial charge is 0.433 e. The molecule has 0 bridgehead atoms. The van der Waals surface area contributed by atoms with Crippen molar-refractivity contribution in [3.63, 3.8) is 0 Å². The van der Waals surface area contributed by atoms with E-state index in [2.05, 4.69) is 14.8 Å². The number of nitrogens with one attached hydrogen (secondary N) is 1. The van der Waals surface area contributed by atoms with Crippen LogP contribution in [0.25, 0.3) is 0 Å². The van der Waals surface area contributed by atoms with Crippen LogP contribution in [-0.4, -0.2) is 33.3 Å². The molecule has 0 amide bonds. The van der Waals surface area contributed by atoms with Crippen LogP contribution in [0.2, 0.25) is 0 Å². The van der Waals surface area contributed by atoms with E-state index in [4.69, 9.17) is 0 Å². The van der Waals surface area contributed by atoms with Crippen LogP contribution in [0, 0.1) is 0 Å². The Balaban J connectivity index is 2.42. The van der Waals surface area contributed by atoms with E-state index in [0.29, 0.717) is 6.07 Å². The second-order valence-electron chi connectivity index (χ2n) is 5.18. The third kappa shape index (κ3) is 4.50. The maximum Gasteiger partial charge on any atom is 0.433 e. The number of aryl methyl sites for hydroxylation is 1. The van der Waals surface area contributed by atoms with Gasteiger partial charge in [-0.3, -0.25) is 14.3 Å². The molecule has 2 rings (SSSR count). The average Bonchev–Trinajstić information content (AvgIpc) is 2.84. The van der Waals surface area contributed by atoms with Gasteiger partial charge in [0.2, 0.25) is 5.78 Å². The first kappa shape index (κ1) is 19.7. The number of H-pyrrole nitrogens is 1. The zero-order valence-corrected chi connectivity index (χ0v) is 13.0. The van der Waals surface area contributed by atoms with Crippen LogP contribution < -0.4 is 5.56 Å². The van der Waals surface area contributed by atoms with E-state index in [1.54, 1.807) is 0 Å². The zero-order valence-electron chi connectivity index (χ0n) is 13.0. The molecule has 0 fully saturated rings. The molecule has 0 aliphatic carbocycles. The Morgan fingerprint density at radius 3 is 2.35 bits per heavy atom. The molecule has 1 N–H and O–H groups in total. The molecule has 2 aromatic heterocycles. The molecule has 2 aromatic rings. The summed E-state index contributed by atoms with van der Waals surface area (Å²) < 4.78 is 80.1. The number of ketones is 1. The van der Waals surface area contributed by atoms with Gasteiger partial charge in [0.25, 0.3) is 5.56 Å². The van der Waals surface area contributed by atoms with E-state index >= 15 is 0 Å². The van der Waals surface area contributed by atoms with Crippen molar-refractivity contribution in [1.82, 2.24) is 14.8 Å². The number of carbonyl (C=O) groups excluding carboxylic acids is 1. The summed E-state index contributed by atoms with van der Waals surface area (Å²) >= 11 is 0. The Morgan fingerprint density at radius 2 is 1.85 bits per heavy atom. The number of halogens is 6. The summed E-state index contributed by atoms with van der Waals surface area (Å²) in [6.45, 7) is -2.72. The number of pyridine rings is 1. The van der Waals surface area contributed by atoms with Crippen LogP contribution in [0.5, 0.6) is 0 Å². The van der Waals surface area contributed by atoms with E-state index in [1.807, 2.05) is 0 Å². The van der Waals surface area contributed by atoms with Gasteiger partial charge in [-0.1, -0.05) is 0 Å². The lowest BCUT2D eigenvalue weighted by Crippen LogP contribution is -2.22. The van der Waals surface area contributed by atoms with Crippen molar-refractivity contribution >= 4 is 5.78 Å². The van der Waals surface area contributed by atoms with Gasteiger partial charge in [-0.25, -0.2) is 4.98 Å². The van der Waals surface area contributed by atoms with Gasteiger partial charge in [0.15, 0.2) is 0 Å². The van der Waals surface area contributed by atoms with Crippen molar-refractivity contribution < 1.29 is 35.9 Å². The molecule has 0 saturated heterocycles. The SMILES string of the molecule is Cn1[nH]cc(C(=O)c2ccc(C(F)(F)F)nc2COCC(F)(F)F)c1=O. The van der Waals surface area contributed by atoms with Crippen molar-refractivity contribution in [2.45, 2.75) is 19.0 Å². The molecule has 0 aliphatic rings. The summed E-state index contributed by atoms with van der Waals surface area (Å²) in [4.78, 5) is 27.4. The summed E-state index contributed by atoms with van der Waals surface area (Å²) in [5, 5.41) is 2.41. The highest BCUT2D eigenvalue weighted by molar-refractivity contribution is 6.09. The number of rotatable bonds is 5.